The summed E-state index contributed by atoms with van der Waals surface area (Å²) in [5.74, 6) is 0.0150. The van der Waals surface area contributed by atoms with E-state index in [0.717, 1.165) is 17.7 Å². The Morgan fingerprint density at radius 3 is 2.78 bits per heavy atom. The maximum Gasteiger partial charge on any atom is 0.224 e. The van der Waals surface area contributed by atoms with E-state index in [0.29, 0.717) is 5.69 Å². The summed E-state index contributed by atoms with van der Waals surface area (Å²) in [6, 6.07) is 5.34. The average molecular weight is 266 g/mol. The minimum atomic E-state index is -0.0997. The number of fused-ring (bicyclic) bond motifs is 1. The quantitative estimate of drug-likeness (QED) is 0.734. The van der Waals surface area contributed by atoms with Crippen molar-refractivity contribution < 1.29 is 4.79 Å². The third-order valence-electron chi connectivity index (χ3n) is 3.17. The first kappa shape index (κ1) is 14.5. The first-order valence-electron chi connectivity index (χ1n) is 5.61. The monoisotopic (exact) mass is 265 g/mol. The number of carbonyl (C=O) groups is 1. The molecule has 2 rings (SSSR count). The number of benzene rings is 1. The summed E-state index contributed by atoms with van der Waals surface area (Å²) in [5, 5.41) is 0. The van der Waals surface area contributed by atoms with Crippen LogP contribution < -0.4 is 10.6 Å². The molecule has 5 heteroatoms. The van der Waals surface area contributed by atoms with Crippen LogP contribution in [-0.4, -0.2) is 11.9 Å². The number of carbonyl (C=O) groups excluding carboxylic acids is 1. The Bertz CT molecular complexity index is 509. The van der Waals surface area contributed by atoms with Crippen molar-refractivity contribution in [1.82, 2.24) is 0 Å². The molecule has 0 radical (unpaired) electrons. The smallest absolute Gasteiger partial charge is 0.224 e. The standard InChI is InChI=1S/C13H15N3O.ClH/c1-8-6-12(14)11-7-10(15-3)4-5-13(11)16(8)9(2)17;/h4-5,7-8,12H,6,14H2,1-2H3;1H/t8-,12+;/m0./s1. The molecule has 1 amide bonds. The molecular formula is C13H16ClN3O. The van der Waals surface area contributed by atoms with Crippen LogP contribution in [0.2, 0.25) is 0 Å². The summed E-state index contributed by atoms with van der Waals surface area (Å²) in [4.78, 5) is 16.8. The molecule has 96 valence electrons. The Hall–Kier alpha value is -1.57. The van der Waals surface area contributed by atoms with Gasteiger partial charge in [0.05, 0.1) is 6.57 Å². The number of nitrogens with zero attached hydrogens (tertiary/aromatic N) is 2. The lowest BCUT2D eigenvalue weighted by molar-refractivity contribution is -0.117. The van der Waals surface area contributed by atoms with Crippen molar-refractivity contribution in [3.8, 4) is 0 Å². The maximum atomic E-state index is 11.7. The van der Waals surface area contributed by atoms with E-state index >= 15 is 0 Å². The van der Waals surface area contributed by atoms with Crippen LogP contribution >= 0.6 is 12.4 Å². The van der Waals surface area contributed by atoms with Crippen molar-refractivity contribution in [2.24, 2.45) is 5.73 Å². The molecule has 0 aromatic heterocycles. The number of amides is 1. The van der Waals surface area contributed by atoms with E-state index in [2.05, 4.69) is 4.85 Å². The highest BCUT2D eigenvalue weighted by molar-refractivity contribution is 5.94. The highest BCUT2D eigenvalue weighted by Gasteiger charge is 2.30. The SMILES string of the molecule is Cl.[C-]#[N+]c1ccc2c(c1)[C@H](N)C[C@H](C)N2C(C)=O. The summed E-state index contributed by atoms with van der Waals surface area (Å²) in [5.41, 5.74) is 8.39. The first-order valence-corrected chi connectivity index (χ1v) is 5.61. The average Bonchev–Trinajstić information content (AvgIpc) is 2.28. The molecule has 0 aliphatic carbocycles. The normalized spacial score (nSPS) is 21.6. The molecule has 18 heavy (non-hydrogen) atoms. The minimum Gasteiger partial charge on any atom is -0.324 e. The Morgan fingerprint density at radius 1 is 1.56 bits per heavy atom. The third-order valence-corrected chi connectivity index (χ3v) is 3.17. The van der Waals surface area contributed by atoms with Crippen molar-refractivity contribution in [2.45, 2.75) is 32.4 Å². The second-order valence-electron chi connectivity index (χ2n) is 4.44. The number of nitrogens with two attached hydrogens (primary N) is 1. The van der Waals surface area contributed by atoms with Gasteiger partial charge in [-0.1, -0.05) is 6.07 Å². The molecule has 1 aromatic rings. The zero-order valence-electron chi connectivity index (χ0n) is 10.4. The van der Waals surface area contributed by atoms with Gasteiger partial charge < -0.3 is 10.6 Å². The highest BCUT2D eigenvalue weighted by atomic mass is 35.5. The topological polar surface area (TPSA) is 50.7 Å². The summed E-state index contributed by atoms with van der Waals surface area (Å²) >= 11 is 0. The van der Waals surface area contributed by atoms with Gasteiger partial charge in [-0.3, -0.25) is 4.79 Å². The van der Waals surface area contributed by atoms with Gasteiger partial charge in [0.1, 0.15) is 0 Å². The third kappa shape index (κ3) is 2.33. The Kier molecular flexibility index (Phi) is 4.33. The van der Waals surface area contributed by atoms with Crippen LogP contribution in [0.5, 0.6) is 0 Å². The fourth-order valence-corrected chi connectivity index (χ4v) is 2.45. The van der Waals surface area contributed by atoms with Crippen LogP contribution in [0, 0.1) is 6.57 Å². The molecule has 0 saturated carbocycles. The van der Waals surface area contributed by atoms with Gasteiger partial charge in [-0.15, -0.1) is 12.4 Å². The van der Waals surface area contributed by atoms with Crippen molar-refractivity contribution in [3.05, 3.63) is 35.2 Å². The van der Waals surface area contributed by atoms with E-state index in [4.69, 9.17) is 12.3 Å². The fraction of sp³-hybridized carbons (Fsp3) is 0.385. The molecule has 0 spiro atoms. The van der Waals surface area contributed by atoms with E-state index in [1.165, 1.54) is 0 Å². The number of anilines is 1. The summed E-state index contributed by atoms with van der Waals surface area (Å²) in [7, 11) is 0. The van der Waals surface area contributed by atoms with Gasteiger partial charge in [-0.25, -0.2) is 4.85 Å². The Morgan fingerprint density at radius 2 is 2.22 bits per heavy atom. The number of hydrogen-bond donors (Lipinski definition) is 1. The van der Waals surface area contributed by atoms with Crippen LogP contribution in [0.4, 0.5) is 11.4 Å². The predicted octanol–water partition coefficient (Wildman–Crippen LogP) is 2.80. The zero-order chi connectivity index (χ0) is 12.6. The molecule has 2 N–H and O–H groups in total. The lowest BCUT2D eigenvalue weighted by atomic mass is 9.92. The van der Waals surface area contributed by atoms with Crippen LogP contribution in [-0.2, 0) is 4.79 Å². The van der Waals surface area contributed by atoms with E-state index in [1.807, 2.05) is 13.0 Å². The summed E-state index contributed by atoms with van der Waals surface area (Å²) < 4.78 is 0. The first-order chi connectivity index (χ1) is 8.04. The minimum absolute atomic E-state index is 0. The Balaban J connectivity index is 0.00000162. The molecule has 0 fully saturated rings. The van der Waals surface area contributed by atoms with Crippen molar-refractivity contribution >= 4 is 29.7 Å². The van der Waals surface area contributed by atoms with E-state index < -0.39 is 0 Å². The van der Waals surface area contributed by atoms with Crippen molar-refractivity contribution in [3.63, 3.8) is 0 Å². The highest BCUT2D eigenvalue weighted by Crippen LogP contribution is 2.37. The van der Waals surface area contributed by atoms with Gasteiger partial charge in [-0.05, 0) is 31.0 Å². The van der Waals surface area contributed by atoms with Gasteiger partial charge in [0, 0.05) is 24.7 Å². The second kappa shape index (κ2) is 5.38. The van der Waals surface area contributed by atoms with Crippen LogP contribution in [0.15, 0.2) is 18.2 Å². The van der Waals surface area contributed by atoms with Crippen molar-refractivity contribution in [2.75, 3.05) is 4.90 Å². The van der Waals surface area contributed by atoms with Crippen molar-refractivity contribution in [1.29, 1.82) is 0 Å². The predicted molar refractivity (Wildman–Crippen MR) is 74.1 cm³/mol. The molecule has 2 atom stereocenters. The molecule has 1 heterocycles. The Labute approximate surface area is 113 Å². The number of hydrogen-bond acceptors (Lipinski definition) is 2. The van der Waals surface area contributed by atoms with Crippen LogP contribution in [0.3, 0.4) is 0 Å². The summed E-state index contributed by atoms with van der Waals surface area (Å²) in [6.07, 6.45) is 0.730. The molecule has 0 saturated heterocycles. The molecule has 1 aliphatic heterocycles. The molecule has 0 unspecified atom stereocenters. The molecule has 1 aliphatic rings. The second-order valence-corrected chi connectivity index (χ2v) is 4.44. The summed E-state index contributed by atoms with van der Waals surface area (Å²) in [6.45, 7) is 10.6. The lowest BCUT2D eigenvalue weighted by Gasteiger charge is -2.37. The zero-order valence-corrected chi connectivity index (χ0v) is 11.2. The molecule has 1 aromatic carbocycles. The van der Waals surface area contributed by atoms with Gasteiger partial charge in [-0.2, -0.15) is 0 Å². The largest absolute Gasteiger partial charge is 0.324 e. The van der Waals surface area contributed by atoms with Crippen LogP contribution in [0.1, 0.15) is 31.9 Å². The molecule has 0 bridgehead atoms. The maximum absolute atomic E-state index is 11.7. The van der Waals surface area contributed by atoms with Gasteiger partial charge in [0.15, 0.2) is 5.69 Å². The number of halogens is 1. The van der Waals surface area contributed by atoms with E-state index in [-0.39, 0.29) is 30.4 Å². The van der Waals surface area contributed by atoms with Gasteiger partial charge in [0.2, 0.25) is 5.91 Å². The van der Waals surface area contributed by atoms with Gasteiger partial charge >= 0.3 is 0 Å². The molecule has 4 nitrogen and oxygen atoms in total. The lowest BCUT2D eigenvalue weighted by Crippen LogP contribution is -2.43. The van der Waals surface area contributed by atoms with E-state index in [1.54, 1.807) is 24.0 Å². The fourth-order valence-electron chi connectivity index (χ4n) is 2.45. The molecular weight excluding hydrogens is 250 g/mol. The van der Waals surface area contributed by atoms with Gasteiger partial charge in [0.25, 0.3) is 0 Å². The van der Waals surface area contributed by atoms with Crippen LogP contribution in [0.25, 0.3) is 4.85 Å². The number of rotatable bonds is 0. The van der Waals surface area contributed by atoms with E-state index in [9.17, 15) is 4.79 Å².